The van der Waals surface area contributed by atoms with E-state index in [4.69, 9.17) is 4.52 Å². The Labute approximate surface area is 137 Å². The molecule has 3 aromatic rings. The fourth-order valence-electron chi connectivity index (χ4n) is 3.08. The zero-order chi connectivity index (χ0) is 15.6. The molecule has 0 amide bonds. The van der Waals surface area contributed by atoms with Crippen LogP contribution in [0, 0.1) is 5.82 Å². The number of hydrogen-bond acceptors (Lipinski definition) is 5. The first-order valence-corrected chi connectivity index (χ1v) is 8.53. The Bertz CT molecular complexity index is 770. The molecule has 0 radical (unpaired) electrons. The molecule has 3 heterocycles. The number of nitrogens with zero attached hydrogens (tertiary/aromatic N) is 3. The van der Waals surface area contributed by atoms with Crippen molar-refractivity contribution in [1.29, 1.82) is 0 Å². The molecule has 1 aliphatic heterocycles. The zero-order valence-electron chi connectivity index (χ0n) is 12.5. The van der Waals surface area contributed by atoms with E-state index in [1.54, 1.807) is 11.3 Å². The van der Waals surface area contributed by atoms with Gasteiger partial charge in [-0.3, -0.25) is 4.90 Å². The van der Waals surface area contributed by atoms with Crippen molar-refractivity contribution in [1.82, 2.24) is 15.0 Å². The van der Waals surface area contributed by atoms with Crippen LogP contribution in [0.25, 0.3) is 10.7 Å². The van der Waals surface area contributed by atoms with Crippen LogP contribution in [0.15, 0.2) is 46.3 Å². The van der Waals surface area contributed by atoms with Gasteiger partial charge < -0.3 is 4.52 Å². The molecule has 4 nitrogen and oxygen atoms in total. The minimum absolute atomic E-state index is 0.198. The van der Waals surface area contributed by atoms with Crippen molar-refractivity contribution in [3.8, 4) is 10.7 Å². The molecule has 0 bridgehead atoms. The Morgan fingerprint density at radius 3 is 2.91 bits per heavy atom. The third kappa shape index (κ3) is 3.04. The molecule has 1 saturated heterocycles. The number of likely N-dealkylation sites (tertiary alicyclic amines) is 1. The topological polar surface area (TPSA) is 42.2 Å². The van der Waals surface area contributed by atoms with Crippen LogP contribution in [0.1, 0.15) is 30.3 Å². The molecule has 1 aromatic carbocycles. The standard InChI is InChI=1S/C17H16FN3OS/c18-13-7-5-12(6-8-13)14-3-1-9-21(14)11-16-19-17(20-22-16)15-4-2-10-23-15/h2,4-8,10,14H,1,3,9,11H2/t14-/m1/s1. The van der Waals surface area contributed by atoms with Crippen LogP contribution in [0.2, 0.25) is 0 Å². The molecule has 0 N–H and O–H groups in total. The Balaban J connectivity index is 1.50. The SMILES string of the molecule is Fc1ccc([C@H]2CCCN2Cc2nc(-c3cccs3)no2)cc1. The number of benzene rings is 1. The van der Waals surface area contributed by atoms with E-state index in [2.05, 4.69) is 15.0 Å². The van der Waals surface area contributed by atoms with Gasteiger partial charge in [-0.05, 0) is 48.5 Å². The van der Waals surface area contributed by atoms with E-state index in [0.29, 0.717) is 18.3 Å². The van der Waals surface area contributed by atoms with Crippen LogP contribution < -0.4 is 0 Å². The average Bonchev–Trinajstić information content (AvgIpc) is 3.29. The summed E-state index contributed by atoms with van der Waals surface area (Å²) >= 11 is 1.60. The second-order valence-electron chi connectivity index (χ2n) is 5.67. The van der Waals surface area contributed by atoms with Crippen molar-refractivity contribution in [2.75, 3.05) is 6.54 Å². The number of rotatable bonds is 4. The van der Waals surface area contributed by atoms with Gasteiger partial charge in [-0.1, -0.05) is 23.4 Å². The van der Waals surface area contributed by atoms with E-state index in [9.17, 15) is 4.39 Å². The smallest absolute Gasteiger partial charge is 0.241 e. The van der Waals surface area contributed by atoms with Crippen molar-refractivity contribution in [2.45, 2.75) is 25.4 Å². The van der Waals surface area contributed by atoms with Crippen LogP contribution in [0.3, 0.4) is 0 Å². The van der Waals surface area contributed by atoms with Crippen molar-refractivity contribution in [3.63, 3.8) is 0 Å². The predicted octanol–water partition coefficient (Wildman–Crippen LogP) is 4.27. The number of thiophene rings is 1. The molecule has 1 atom stereocenters. The Hall–Kier alpha value is -2.05. The second kappa shape index (κ2) is 6.22. The van der Waals surface area contributed by atoms with Gasteiger partial charge >= 0.3 is 0 Å². The Morgan fingerprint density at radius 2 is 2.13 bits per heavy atom. The molecule has 118 valence electrons. The lowest BCUT2D eigenvalue weighted by Crippen LogP contribution is -2.22. The normalized spacial score (nSPS) is 18.6. The van der Waals surface area contributed by atoms with Gasteiger partial charge in [-0.15, -0.1) is 11.3 Å². The van der Waals surface area contributed by atoms with E-state index in [0.717, 1.165) is 29.8 Å². The van der Waals surface area contributed by atoms with Crippen LogP contribution in [0.4, 0.5) is 4.39 Å². The van der Waals surface area contributed by atoms with Crippen molar-refractivity contribution in [2.24, 2.45) is 0 Å². The summed E-state index contributed by atoms with van der Waals surface area (Å²) in [4.78, 5) is 7.82. The lowest BCUT2D eigenvalue weighted by atomic mass is 10.0. The van der Waals surface area contributed by atoms with Gasteiger partial charge in [0, 0.05) is 6.04 Å². The molecule has 0 saturated carbocycles. The average molecular weight is 329 g/mol. The number of halogens is 1. The van der Waals surface area contributed by atoms with Gasteiger partial charge in [0.1, 0.15) is 5.82 Å². The molecule has 0 spiro atoms. The van der Waals surface area contributed by atoms with Crippen molar-refractivity contribution < 1.29 is 8.91 Å². The van der Waals surface area contributed by atoms with Gasteiger partial charge in [0.2, 0.25) is 11.7 Å². The summed E-state index contributed by atoms with van der Waals surface area (Å²) in [7, 11) is 0. The summed E-state index contributed by atoms with van der Waals surface area (Å²) in [6, 6.07) is 11.0. The van der Waals surface area contributed by atoms with Gasteiger partial charge in [-0.2, -0.15) is 4.98 Å². The van der Waals surface area contributed by atoms with Crippen LogP contribution in [-0.2, 0) is 6.54 Å². The summed E-state index contributed by atoms with van der Waals surface area (Å²) < 4.78 is 18.5. The van der Waals surface area contributed by atoms with Gasteiger partial charge in [0.05, 0.1) is 11.4 Å². The molecular formula is C17H16FN3OS. The zero-order valence-corrected chi connectivity index (χ0v) is 13.3. The molecule has 1 fully saturated rings. The van der Waals surface area contributed by atoms with Crippen LogP contribution in [-0.4, -0.2) is 21.6 Å². The fraction of sp³-hybridized carbons (Fsp3) is 0.294. The van der Waals surface area contributed by atoms with Crippen LogP contribution >= 0.6 is 11.3 Å². The van der Waals surface area contributed by atoms with Gasteiger partial charge in [0.15, 0.2) is 0 Å². The monoisotopic (exact) mass is 329 g/mol. The molecule has 1 aliphatic rings. The molecule has 6 heteroatoms. The lowest BCUT2D eigenvalue weighted by molar-refractivity contribution is 0.212. The highest BCUT2D eigenvalue weighted by molar-refractivity contribution is 7.13. The minimum Gasteiger partial charge on any atom is -0.338 e. The highest BCUT2D eigenvalue weighted by atomic mass is 32.1. The van der Waals surface area contributed by atoms with Crippen molar-refractivity contribution in [3.05, 3.63) is 59.0 Å². The van der Waals surface area contributed by atoms with Crippen LogP contribution in [0.5, 0.6) is 0 Å². The van der Waals surface area contributed by atoms with Gasteiger partial charge in [0.25, 0.3) is 0 Å². The van der Waals surface area contributed by atoms with E-state index in [1.807, 2.05) is 29.6 Å². The highest BCUT2D eigenvalue weighted by Crippen LogP contribution is 2.33. The molecule has 4 rings (SSSR count). The molecule has 23 heavy (non-hydrogen) atoms. The van der Waals surface area contributed by atoms with E-state index >= 15 is 0 Å². The van der Waals surface area contributed by atoms with E-state index in [-0.39, 0.29) is 11.9 Å². The van der Waals surface area contributed by atoms with Gasteiger partial charge in [-0.25, -0.2) is 4.39 Å². The molecule has 0 unspecified atom stereocenters. The maximum Gasteiger partial charge on any atom is 0.241 e. The summed E-state index contributed by atoms with van der Waals surface area (Å²) in [6.45, 7) is 1.61. The Morgan fingerprint density at radius 1 is 1.26 bits per heavy atom. The number of aromatic nitrogens is 2. The summed E-state index contributed by atoms with van der Waals surface area (Å²) in [5.41, 5.74) is 1.14. The Kier molecular flexibility index (Phi) is 3.93. The summed E-state index contributed by atoms with van der Waals surface area (Å²) in [5.74, 6) is 1.07. The second-order valence-corrected chi connectivity index (χ2v) is 6.62. The lowest BCUT2D eigenvalue weighted by Gasteiger charge is -2.23. The van der Waals surface area contributed by atoms with E-state index < -0.39 is 0 Å². The molecule has 0 aliphatic carbocycles. The highest BCUT2D eigenvalue weighted by Gasteiger charge is 2.27. The first-order valence-electron chi connectivity index (χ1n) is 7.65. The fourth-order valence-corrected chi connectivity index (χ4v) is 3.73. The summed E-state index contributed by atoms with van der Waals surface area (Å²) in [6.07, 6.45) is 2.19. The third-order valence-electron chi connectivity index (χ3n) is 4.17. The maximum atomic E-state index is 13.1. The largest absolute Gasteiger partial charge is 0.338 e. The quantitative estimate of drug-likeness (QED) is 0.717. The first-order chi connectivity index (χ1) is 11.3. The third-order valence-corrected chi connectivity index (χ3v) is 5.03. The predicted molar refractivity (Wildman–Crippen MR) is 86.4 cm³/mol. The maximum absolute atomic E-state index is 13.1. The molecular weight excluding hydrogens is 313 g/mol. The first kappa shape index (κ1) is 14.5. The number of hydrogen-bond donors (Lipinski definition) is 0. The summed E-state index contributed by atoms with van der Waals surface area (Å²) in [5, 5.41) is 6.05. The minimum atomic E-state index is -0.198. The van der Waals surface area contributed by atoms with Crippen molar-refractivity contribution >= 4 is 11.3 Å². The van der Waals surface area contributed by atoms with E-state index in [1.165, 1.54) is 12.1 Å². The molecule has 2 aromatic heterocycles.